The number of carboxylic acid groups (broad SMARTS) is 1. The molecule has 0 fully saturated rings. The first-order chi connectivity index (χ1) is 17.3. The average molecular weight is 537 g/mol. The molecule has 1 unspecified atom stereocenters. The van der Waals surface area contributed by atoms with E-state index in [0.29, 0.717) is 28.3 Å². The van der Waals surface area contributed by atoms with E-state index < -0.39 is 39.5 Å². The van der Waals surface area contributed by atoms with Gasteiger partial charge in [-0.15, -0.1) is 6.42 Å². The Hall–Kier alpha value is -3.82. The van der Waals surface area contributed by atoms with Gasteiger partial charge in [0, 0.05) is 12.1 Å². The third-order valence-corrected chi connectivity index (χ3v) is 7.35. The summed E-state index contributed by atoms with van der Waals surface area (Å²) < 4.78 is 75.8. The summed E-state index contributed by atoms with van der Waals surface area (Å²) in [6.45, 7) is 1.90. The lowest BCUT2D eigenvalue weighted by molar-refractivity contribution is -0.138. The van der Waals surface area contributed by atoms with Crippen molar-refractivity contribution in [2.24, 2.45) is 0 Å². The summed E-state index contributed by atoms with van der Waals surface area (Å²) >= 11 is 0. The highest BCUT2D eigenvalue weighted by atomic mass is 32.2. The minimum Gasteiger partial charge on any atom is -0.487 e. The molecule has 37 heavy (non-hydrogen) atoms. The summed E-state index contributed by atoms with van der Waals surface area (Å²) in [6, 6.07) is 10.8. The molecule has 0 saturated carbocycles. The van der Waals surface area contributed by atoms with E-state index in [4.69, 9.17) is 20.7 Å². The van der Waals surface area contributed by atoms with Crippen LogP contribution in [0, 0.1) is 19.3 Å². The second kappa shape index (κ2) is 11.1. The Balaban J connectivity index is 1.73. The highest BCUT2D eigenvalue weighted by molar-refractivity contribution is 7.89. The van der Waals surface area contributed by atoms with Crippen molar-refractivity contribution in [1.82, 2.24) is 9.29 Å². The molecule has 0 saturated heterocycles. The van der Waals surface area contributed by atoms with Gasteiger partial charge in [0.05, 0.1) is 5.56 Å². The van der Waals surface area contributed by atoms with Gasteiger partial charge < -0.3 is 14.3 Å². The highest BCUT2D eigenvalue weighted by Gasteiger charge is 2.31. The molecule has 0 radical (unpaired) electrons. The topological polar surface area (TPSA) is 110 Å². The van der Waals surface area contributed by atoms with Crippen molar-refractivity contribution < 1.29 is 40.6 Å². The molecule has 0 aliphatic heterocycles. The fraction of sp³-hybridized carbons (Fsp3) is 0.280. The van der Waals surface area contributed by atoms with Gasteiger partial charge in [-0.05, 0) is 55.8 Å². The molecular weight excluding hydrogens is 513 g/mol. The van der Waals surface area contributed by atoms with Crippen LogP contribution >= 0.6 is 0 Å². The first kappa shape index (κ1) is 27.8. The van der Waals surface area contributed by atoms with E-state index in [-0.39, 0.29) is 19.0 Å². The fourth-order valence-corrected chi connectivity index (χ4v) is 4.51. The van der Waals surface area contributed by atoms with Crippen LogP contribution in [0.1, 0.15) is 29.5 Å². The van der Waals surface area contributed by atoms with E-state index >= 15 is 0 Å². The van der Waals surface area contributed by atoms with Crippen LogP contribution in [0.2, 0.25) is 0 Å². The number of carboxylic acids is 1. The van der Waals surface area contributed by atoms with E-state index in [1.54, 1.807) is 31.2 Å². The maximum absolute atomic E-state index is 12.8. The Morgan fingerprint density at radius 1 is 1.24 bits per heavy atom. The number of benzene rings is 2. The lowest BCUT2D eigenvalue weighted by atomic mass is 10.1. The van der Waals surface area contributed by atoms with E-state index in [9.17, 15) is 26.4 Å². The first-order valence-corrected chi connectivity index (χ1v) is 12.3. The molecule has 0 spiro atoms. The Morgan fingerprint density at radius 2 is 1.92 bits per heavy atom. The standard InChI is InChI=1S/C25H23F3N2O6S/c1-4-16(2)37(33,34)30(14-23(31)32)13-18-6-5-7-21(12-18)35-15-22-17(3)36-24(29-22)19-8-10-20(11-9-19)25(26,27)28/h1,5-12,16H,13-15H2,2-3H3,(H,31,32). The smallest absolute Gasteiger partial charge is 0.416 e. The van der Waals surface area contributed by atoms with Gasteiger partial charge in [0.15, 0.2) is 0 Å². The minimum atomic E-state index is -4.45. The van der Waals surface area contributed by atoms with Gasteiger partial charge in [0.2, 0.25) is 15.9 Å². The predicted octanol–water partition coefficient (Wildman–Crippen LogP) is 4.49. The third kappa shape index (κ3) is 6.90. The van der Waals surface area contributed by atoms with Crippen molar-refractivity contribution in [2.75, 3.05) is 6.54 Å². The number of ether oxygens (including phenoxy) is 1. The van der Waals surface area contributed by atoms with E-state index in [2.05, 4.69) is 10.9 Å². The van der Waals surface area contributed by atoms with Crippen LogP contribution < -0.4 is 4.74 Å². The van der Waals surface area contributed by atoms with Crippen molar-refractivity contribution in [3.63, 3.8) is 0 Å². The summed E-state index contributed by atoms with van der Waals surface area (Å²) in [5.74, 6) is 1.68. The third-order valence-electron chi connectivity index (χ3n) is 5.34. The molecule has 0 aliphatic rings. The molecule has 1 N–H and O–H groups in total. The number of nitrogens with zero attached hydrogens (tertiary/aromatic N) is 2. The number of halogens is 3. The quantitative estimate of drug-likeness (QED) is 0.380. The molecule has 8 nitrogen and oxygen atoms in total. The molecule has 3 rings (SSSR count). The summed E-state index contributed by atoms with van der Waals surface area (Å²) in [6.07, 6.45) is 0.780. The Kier molecular flexibility index (Phi) is 8.30. The van der Waals surface area contributed by atoms with E-state index in [0.717, 1.165) is 16.4 Å². The Morgan fingerprint density at radius 3 is 2.51 bits per heavy atom. The summed E-state index contributed by atoms with van der Waals surface area (Å²) in [5.41, 5.74) is 0.462. The van der Waals surface area contributed by atoms with Gasteiger partial charge in [-0.2, -0.15) is 17.5 Å². The molecule has 2 aromatic carbocycles. The molecule has 1 aromatic heterocycles. The maximum Gasteiger partial charge on any atom is 0.416 e. The molecule has 0 bridgehead atoms. The molecular formula is C25H23F3N2O6S. The van der Waals surface area contributed by atoms with Crippen LogP contribution in [0.25, 0.3) is 11.5 Å². The van der Waals surface area contributed by atoms with Crippen molar-refractivity contribution in [2.45, 2.75) is 38.4 Å². The monoisotopic (exact) mass is 536 g/mol. The molecule has 1 heterocycles. The molecule has 196 valence electrons. The lowest BCUT2D eigenvalue weighted by Crippen LogP contribution is -2.39. The maximum atomic E-state index is 12.8. The Bertz CT molecular complexity index is 1410. The molecule has 12 heteroatoms. The number of carbonyl (C=O) groups is 1. The highest BCUT2D eigenvalue weighted by Crippen LogP contribution is 2.31. The molecule has 0 amide bonds. The summed E-state index contributed by atoms with van der Waals surface area (Å²) in [7, 11) is -4.06. The fourth-order valence-electron chi connectivity index (χ4n) is 3.27. The first-order valence-electron chi connectivity index (χ1n) is 10.8. The van der Waals surface area contributed by atoms with Gasteiger partial charge in [0.25, 0.3) is 0 Å². The number of sulfonamides is 1. The number of alkyl halides is 3. The van der Waals surface area contributed by atoms with Crippen LogP contribution in [0.15, 0.2) is 52.9 Å². The average Bonchev–Trinajstić information content (AvgIpc) is 3.21. The number of rotatable bonds is 10. The zero-order valence-corrected chi connectivity index (χ0v) is 20.6. The number of terminal acetylenes is 1. The van der Waals surface area contributed by atoms with Crippen LogP contribution in [-0.2, 0) is 34.1 Å². The van der Waals surface area contributed by atoms with Crippen LogP contribution in [0.4, 0.5) is 13.2 Å². The van der Waals surface area contributed by atoms with Gasteiger partial charge in [-0.3, -0.25) is 4.79 Å². The second-order valence-corrected chi connectivity index (χ2v) is 10.3. The van der Waals surface area contributed by atoms with E-state index in [1.165, 1.54) is 19.1 Å². The summed E-state index contributed by atoms with van der Waals surface area (Å²) in [5, 5.41) is 7.95. The normalized spacial score (nSPS) is 12.8. The zero-order valence-electron chi connectivity index (χ0n) is 19.8. The molecule has 1 atom stereocenters. The van der Waals surface area contributed by atoms with Gasteiger partial charge in [-0.1, -0.05) is 18.1 Å². The Labute approximate surface area is 211 Å². The van der Waals surface area contributed by atoms with Crippen molar-refractivity contribution >= 4 is 16.0 Å². The number of hydrogen-bond donors (Lipinski definition) is 1. The largest absolute Gasteiger partial charge is 0.487 e. The molecule has 0 aliphatic carbocycles. The second-order valence-electron chi connectivity index (χ2n) is 8.05. The van der Waals surface area contributed by atoms with Gasteiger partial charge in [-0.25, -0.2) is 13.4 Å². The zero-order chi connectivity index (χ0) is 27.4. The van der Waals surface area contributed by atoms with Gasteiger partial charge in [0.1, 0.15) is 35.6 Å². The van der Waals surface area contributed by atoms with Crippen LogP contribution in [0.3, 0.4) is 0 Å². The van der Waals surface area contributed by atoms with Crippen LogP contribution in [-0.4, -0.2) is 40.6 Å². The predicted molar refractivity (Wildman–Crippen MR) is 128 cm³/mol. The molecule has 3 aromatic rings. The van der Waals surface area contributed by atoms with Gasteiger partial charge >= 0.3 is 12.1 Å². The number of aromatic nitrogens is 1. The van der Waals surface area contributed by atoms with Crippen molar-refractivity contribution in [3.05, 3.63) is 71.1 Å². The minimum absolute atomic E-state index is 0.0370. The van der Waals surface area contributed by atoms with Crippen molar-refractivity contribution in [3.8, 4) is 29.5 Å². The summed E-state index contributed by atoms with van der Waals surface area (Å²) in [4.78, 5) is 15.5. The van der Waals surface area contributed by atoms with Crippen LogP contribution in [0.5, 0.6) is 5.75 Å². The number of aliphatic carboxylic acids is 1. The number of aryl methyl sites for hydroxylation is 1. The number of hydrogen-bond acceptors (Lipinski definition) is 6. The SMILES string of the molecule is C#CC(C)S(=O)(=O)N(CC(=O)O)Cc1cccc(OCc2nc(-c3ccc(C(F)(F)F)cc3)oc2C)c1. The number of oxazole rings is 1. The lowest BCUT2D eigenvalue weighted by Gasteiger charge is -2.22. The van der Waals surface area contributed by atoms with E-state index in [1.807, 2.05) is 0 Å². The van der Waals surface area contributed by atoms with Crippen molar-refractivity contribution in [1.29, 1.82) is 0 Å².